The van der Waals surface area contributed by atoms with Crippen molar-refractivity contribution in [2.24, 2.45) is 5.92 Å². The first-order valence-corrected chi connectivity index (χ1v) is 8.62. The molecule has 0 spiro atoms. The highest BCUT2D eigenvalue weighted by Crippen LogP contribution is 2.33. The second kappa shape index (κ2) is 5.88. The van der Waals surface area contributed by atoms with E-state index in [-0.39, 0.29) is 11.8 Å². The van der Waals surface area contributed by atoms with E-state index in [0.717, 1.165) is 36.6 Å². The summed E-state index contributed by atoms with van der Waals surface area (Å²) in [5.74, 6) is 0.431. The highest BCUT2D eigenvalue weighted by molar-refractivity contribution is 7.22. The molecule has 0 atom stereocenters. The second-order valence-electron chi connectivity index (χ2n) is 6.34. The standard InChI is InChI=1S/C17H23N3OS/c1-11-5-6-14-15(12(11)2)18-17(22-14)20-9-7-13(8-10-20)16(21)19(3)4/h5-6,13H,7-10H2,1-4H3. The fraction of sp³-hybridized carbons (Fsp3) is 0.529. The number of fused-ring (bicyclic) bond motifs is 1. The van der Waals surface area contributed by atoms with Crippen LogP contribution < -0.4 is 4.90 Å². The van der Waals surface area contributed by atoms with Crippen LogP contribution in [0.15, 0.2) is 12.1 Å². The third-order valence-corrected chi connectivity index (χ3v) is 5.71. The summed E-state index contributed by atoms with van der Waals surface area (Å²) in [5, 5.41) is 1.10. The molecule has 4 nitrogen and oxygen atoms in total. The molecule has 0 unspecified atom stereocenters. The van der Waals surface area contributed by atoms with Crippen LogP contribution in [0.1, 0.15) is 24.0 Å². The van der Waals surface area contributed by atoms with Gasteiger partial charge in [0.05, 0.1) is 10.2 Å². The summed E-state index contributed by atoms with van der Waals surface area (Å²) in [5.41, 5.74) is 3.70. The average Bonchev–Trinajstić information content (AvgIpc) is 2.95. The lowest BCUT2D eigenvalue weighted by atomic mass is 9.96. The van der Waals surface area contributed by atoms with Crippen LogP contribution in [0.25, 0.3) is 10.2 Å². The van der Waals surface area contributed by atoms with Gasteiger partial charge >= 0.3 is 0 Å². The molecule has 1 aromatic carbocycles. The Morgan fingerprint density at radius 1 is 1.27 bits per heavy atom. The molecule has 0 aliphatic carbocycles. The van der Waals surface area contributed by atoms with Crippen molar-refractivity contribution in [2.45, 2.75) is 26.7 Å². The highest BCUT2D eigenvalue weighted by atomic mass is 32.1. The van der Waals surface area contributed by atoms with Crippen molar-refractivity contribution >= 4 is 32.6 Å². The fourth-order valence-electron chi connectivity index (χ4n) is 3.03. The zero-order valence-corrected chi connectivity index (χ0v) is 14.5. The SMILES string of the molecule is Cc1ccc2sc(N3CCC(C(=O)N(C)C)CC3)nc2c1C. The average molecular weight is 317 g/mol. The number of piperidine rings is 1. The number of carbonyl (C=O) groups excluding carboxylic acids is 1. The molecule has 0 bridgehead atoms. The zero-order chi connectivity index (χ0) is 15.9. The number of thiazole rings is 1. The van der Waals surface area contributed by atoms with Crippen molar-refractivity contribution in [3.8, 4) is 0 Å². The van der Waals surface area contributed by atoms with Gasteiger partial charge in [-0.1, -0.05) is 17.4 Å². The van der Waals surface area contributed by atoms with Gasteiger partial charge in [-0.2, -0.15) is 0 Å². The molecule has 3 rings (SSSR count). The Morgan fingerprint density at radius 2 is 1.95 bits per heavy atom. The van der Waals surface area contributed by atoms with Gasteiger partial charge < -0.3 is 9.80 Å². The monoisotopic (exact) mass is 317 g/mol. The molecule has 2 aromatic rings. The van der Waals surface area contributed by atoms with Gasteiger partial charge in [-0.15, -0.1) is 0 Å². The predicted molar refractivity (Wildman–Crippen MR) is 92.7 cm³/mol. The van der Waals surface area contributed by atoms with Crippen molar-refractivity contribution < 1.29 is 4.79 Å². The van der Waals surface area contributed by atoms with E-state index in [1.165, 1.54) is 15.8 Å². The van der Waals surface area contributed by atoms with E-state index >= 15 is 0 Å². The van der Waals surface area contributed by atoms with E-state index in [0.29, 0.717) is 0 Å². The predicted octanol–water partition coefficient (Wildman–Crippen LogP) is 3.22. The van der Waals surface area contributed by atoms with Gasteiger partial charge in [-0.25, -0.2) is 4.98 Å². The molecule has 5 heteroatoms. The van der Waals surface area contributed by atoms with Gasteiger partial charge in [0.1, 0.15) is 0 Å². The molecule has 1 amide bonds. The zero-order valence-electron chi connectivity index (χ0n) is 13.7. The number of nitrogens with zero attached hydrogens (tertiary/aromatic N) is 3. The number of hydrogen-bond donors (Lipinski definition) is 0. The summed E-state index contributed by atoms with van der Waals surface area (Å²) in [6.07, 6.45) is 1.84. The number of hydrogen-bond acceptors (Lipinski definition) is 4. The molecule has 1 fully saturated rings. The number of aryl methyl sites for hydroxylation is 2. The highest BCUT2D eigenvalue weighted by Gasteiger charge is 2.27. The van der Waals surface area contributed by atoms with Crippen LogP contribution in [-0.4, -0.2) is 43.0 Å². The Morgan fingerprint density at radius 3 is 2.59 bits per heavy atom. The maximum Gasteiger partial charge on any atom is 0.225 e. The molecule has 0 N–H and O–H groups in total. The van der Waals surface area contributed by atoms with Crippen LogP contribution in [0, 0.1) is 19.8 Å². The molecule has 118 valence electrons. The summed E-state index contributed by atoms with van der Waals surface area (Å²) >= 11 is 1.76. The van der Waals surface area contributed by atoms with Gasteiger partial charge in [0.25, 0.3) is 0 Å². The Hall–Kier alpha value is -1.62. The molecule has 22 heavy (non-hydrogen) atoms. The molecule has 2 heterocycles. The first kappa shape index (κ1) is 15.3. The Balaban J connectivity index is 1.77. The van der Waals surface area contributed by atoms with Gasteiger partial charge in [-0.05, 0) is 43.9 Å². The number of amides is 1. The summed E-state index contributed by atoms with van der Waals surface area (Å²) in [7, 11) is 3.68. The third kappa shape index (κ3) is 2.70. The third-order valence-electron chi connectivity index (χ3n) is 4.63. The van der Waals surface area contributed by atoms with Crippen LogP contribution in [-0.2, 0) is 4.79 Å². The van der Waals surface area contributed by atoms with Crippen molar-refractivity contribution in [3.63, 3.8) is 0 Å². The lowest BCUT2D eigenvalue weighted by Crippen LogP contribution is -2.40. The lowest BCUT2D eigenvalue weighted by molar-refractivity contribution is -0.133. The van der Waals surface area contributed by atoms with Crippen LogP contribution in [0.4, 0.5) is 5.13 Å². The quantitative estimate of drug-likeness (QED) is 0.853. The molecular weight excluding hydrogens is 294 g/mol. The van der Waals surface area contributed by atoms with Crippen LogP contribution in [0.3, 0.4) is 0 Å². The van der Waals surface area contributed by atoms with Crippen LogP contribution in [0.5, 0.6) is 0 Å². The second-order valence-corrected chi connectivity index (χ2v) is 7.35. The maximum absolute atomic E-state index is 12.1. The number of carbonyl (C=O) groups is 1. The Kier molecular flexibility index (Phi) is 4.08. The fourth-order valence-corrected chi connectivity index (χ4v) is 4.11. The van der Waals surface area contributed by atoms with E-state index in [4.69, 9.17) is 4.98 Å². The van der Waals surface area contributed by atoms with Gasteiger partial charge in [0, 0.05) is 33.1 Å². The molecule has 1 aliphatic heterocycles. The topological polar surface area (TPSA) is 36.4 Å². The van der Waals surface area contributed by atoms with Crippen LogP contribution in [0.2, 0.25) is 0 Å². The number of benzene rings is 1. The van der Waals surface area contributed by atoms with Crippen molar-refractivity contribution in [2.75, 3.05) is 32.1 Å². The van der Waals surface area contributed by atoms with E-state index in [2.05, 4.69) is 30.9 Å². The first-order chi connectivity index (χ1) is 10.5. The van der Waals surface area contributed by atoms with Crippen molar-refractivity contribution in [1.29, 1.82) is 0 Å². The van der Waals surface area contributed by atoms with Crippen molar-refractivity contribution in [1.82, 2.24) is 9.88 Å². The molecule has 1 saturated heterocycles. The van der Waals surface area contributed by atoms with Crippen molar-refractivity contribution in [3.05, 3.63) is 23.3 Å². The minimum Gasteiger partial charge on any atom is -0.349 e. The maximum atomic E-state index is 12.1. The Labute approximate surface area is 135 Å². The number of rotatable bonds is 2. The molecule has 1 aliphatic rings. The summed E-state index contributed by atoms with van der Waals surface area (Å²) in [6, 6.07) is 4.34. The minimum absolute atomic E-state index is 0.171. The lowest BCUT2D eigenvalue weighted by Gasteiger charge is -2.32. The Bertz CT molecular complexity index is 699. The van der Waals surface area contributed by atoms with E-state index in [1.54, 1.807) is 16.2 Å². The molecule has 0 radical (unpaired) electrons. The largest absolute Gasteiger partial charge is 0.349 e. The van der Waals surface area contributed by atoms with E-state index in [1.807, 2.05) is 14.1 Å². The van der Waals surface area contributed by atoms with Crippen LogP contribution >= 0.6 is 11.3 Å². The van der Waals surface area contributed by atoms with Gasteiger partial charge in [0.2, 0.25) is 5.91 Å². The molecular formula is C17H23N3OS. The molecule has 1 aromatic heterocycles. The van der Waals surface area contributed by atoms with E-state index in [9.17, 15) is 4.79 Å². The number of anilines is 1. The van der Waals surface area contributed by atoms with Gasteiger partial charge in [-0.3, -0.25) is 4.79 Å². The molecule has 0 saturated carbocycles. The number of aromatic nitrogens is 1. The van der Waals surface area contributed by atoms with Gasteiger partial charge in [0.15, 0.2) is 5.13 Å². The summed E-state index contributed by atoms with van der Waals surface area (Å²) < 4.78 is 1.25. The smallest absolute Gasteiger partial charge is 0.225 e. The minimum atomic E-state index is 0.171. The first-order valence-electron chi connectivity index (χ1n) is 7.80. The summed E-state index contributed by atoms with van der Waals surface area (Å²) in [4.78, 5) is 21.0. The summed E-state index contributed by atoms with van der Waals surface area (Å²) in [6.45, 7) is 6.11. The van der Waals surface area contributed by atoms with E-state index < -0.39 is 0 Å². The normalized spacial score (nSPS) is 16.3.